The van der Waals surface area contributed by atoms with Gasteiger partial charge in [-0.2, -0.15) is 0 Å². The molecule has 1 aromatic heterocycles. The van der Waals surface area contributed by atoms with Crippen molar-refractivity contribution >= 4 is 16.9 Å². The van der Waals surface area contributed by atoms with Gasteiger partial charge in [-0.25, -0.2) is 0 Å². The van der Waals surface area contributed by atoms with Crippen LogP contribution in [0.15, 0.2) is 28.7 Å². The molecule has 0 spiro atoms. The minimum Gasteiger partial charge on any atom is -0.493 e. The number of fused-ring (bicyclic) bond motifs is 1. The van der Waals surface area contributed by atoms with E-state index >= 15 is 0 Å². The van der Waals surface area contributed by atoms with Gasteiger partial charge >= 0.3 is 5.97 Å². The van der Waals surface area contributed by atoms with Crippen LogP contribution in [-0.2, 0) is 9.53 Å². The van der Waals surface area contributed by atoms with E-state index < -0.39 is 6.04 Å². The highest BCUT2D eigenvalue weighted by molar-refractivity contribution is 5.83. The first-order valence-corrected chi connectivity index (χ1v) is 6.47. The summed E-state index contributed by atoms with van der Waals surface area (Å²) in [7, 11) is 2.98. The molecule has 5 nitrogen and oxygen atoms in total. The lowest BCUT2D eigenvalue weighted by atomic mass is 10.2. The van der Waals surface area contributed by atoms with E-state index in [4.69, 9.17) is 13.9 Å². The number of benzene rings is 1. The number of para-hydroxylation sites is 1. The van der Waals surface area contributed by atoms with Crippen molar-refractivity contribution in [3.05, 3.63) is 30.0 Å². The van der Waals surface area contributed by atoms with E-state index in [0.29, 0.717) is 11.3 Å². The Bertz CT molecular complexity index is 605. The third-order valence-corrected chi connectivity index (χ3v) is 3.23. The van der Waals surface area contributed by atoms with Crippen LogP contribution in [-0.4, -0.2) is 26.2 Å². The standard InChI is InChI=1S/C15H19NO4/c1-9(16-10(2)15(17)19-4)13-8-11-6-5-7-12(18-3)14(11)20-13/h5-10,16H,1-4H3. The zero-order valence-electron chi connectivity index (χ0n) is 12.1. The van der Waals surface area contributed by atoms with Crippen LogP contribution in [0.1, 0.15) is 25.6 Å². The Morgan fingerprint density at radius 3 is 2.70 bits per heavy atom. The van der Waals surface area contributed by atoms with Crippen LogP contribution in [0.5, 0.6) is 5.75 Å². The lowest BCUT2D eigenvalue weighted by molar-refractivity contribution is -0.142. The Hall–Kier alpha value is -2.01. The van der Waals surface area contributed by atoms with Crippen molar-refractivity contribution in [3.8, 4) is 5.75 Å². The molecule has 0 aliphatic heterocycles. The summed E-state index contributed by atoms with van der Waals surface area (Å²) in [6.45, 7) is 3.69. The predicted octanol–water partition coefficient (Wildman–Crippen LogP) is 2.65. The minimum absolute atomic E-state index is 0.110. The van der Waals surface area contributed by atoms with E-state index in [0.717, 1.165) is 11.1 Å². The highest BCUT2D eigenvalue weighted by atomic mass is 16.5. The molecule has 2 atom stereocenters. The van der Waals surface area contributed by atoms with Gasteiger partial charge < -0.3 is 13.9 Å². The summed E-state index contributed by atoms with van der Waals surface area (Å²) >= 11 is 0. The van der Waals surface area contributed by atoms with Crippen LogP contribution < -0.4 is 10.1 Å². The zero-order valence-corrected chi connectivity index (χ0v) is 12.1. The lowest BCUT2D eigenvalue weighted by Crippen LogP contribution is -2.36. The molecule has 0 aliphatic rings. The van der Waals surface area contributed by atoms with Gasteiger partial charge in [-0.15, -0.1) is 0 Å². The van der Waals surface area contributed by atoms with Crippen LogP contribution in [0.2, 0.25) is 0 Å². The van der Waals surface area contributed by atoms with Crippen molar-refractivity contribution in [2.24, 2.45) is 0 Å². The number of ether oxygens (including phenoxy) is 2. The number of esters is 1. The number of hydrogen-bond donors (Lipinski definition) is 1. The minimum atomic E-state index is -0.398. The van der Waals surface area contributed by atoms with Gasteiger partial charge in [0.15, 0.2) is 11.3 Å². The van der Waals surface area contributed by atoms with Crippen LogP contribution >= 0.6 is 0 Å². The highest BCUT2D eigenvalue weighted by Crippen LogP contribution is 2.30. The average Bonchev–Trinajstić information content (AvgIpc) is 2.90. The molecule has 0 saturated carbocycles. The molecule has 1 N–H and O–H groups in total. The molecule has 108 valence electrons. The molecular formula is C15H19NO4. The van der Waals surface area contributed by atoms with Gasteiger partial charge in [0, 0.05) is 5.39 Å². The fraction of sp³-hybridized carbons (Fsp3) is 0.400. The fourth-order valence-electron chi connectivity index (χ4n) is 2.13. The Morgan fingerprint density at radius 2 is 2.05 bits per heavy atom. The third kappa shape index (κ3) is 2.77. The van der Waals surface area contributed by atoms with E-state index in [1.54, 1.807) is 14.0 Å². The summed E-state index contributed by atoms with van der Waals surface area (Å²) in [5, 5.41) is 4.11. The van der Waals surface area contributed by atoms with E-state index in [1.807, 2.05) is 31.2 Å². The fourth-order valence-corrected chi connectivity index (χ4v) is 2.13. The first-order valence-electron chi connectivity index (χ1n) is 6.47. The van der Waals surface area contributed by atoms with Crippen molar-refractivity contribution < 1.29 is 18.7 Å². The SMILES string of the molecule is COC(=O)C(C)NC(C)c1cc2cccc(OC)c2o1. The average molecular weight is 277 g/mol. The predicted molar refractivity (Wildman–Crippen MR) is 75.8 cm³/mol. The first-order chi connectivity index (χ1) is 9.56. The molecule has 5 heteroatoms. The van der Waals surface area contributed by atoms with E-state index in [1.165, 1.54) is 7.11 Å². The van der Waals surface area contributed by atoms with Crippen molar-refractivity contribution in [1.82, 2.24) is 5.32 Å². The maximum absolute atomic E-state index is 11.4. The number of furan rings is 1. The topological polar surface area (TPSA) is 60.7 Å². The molecule has 2 unspecified atom stereocenters. The lowest BCUT2D eigenvalue weighted by Gasteiger charge is -2.16. The zero-order chi connectivity index (χ0) is 14.7. The van der Waals surface area contributed by atoms with Crippen molar-refractivity contribution in [1.29, 1.82) is 0 Å². The number of carbonyl (C=O) groups excluding carboxylic acids is 1. The first kappa shape index (κ1) is 14.4. The van der Waals surface area contributed by atoms with E-state index in [9.17, 15) is 4.79 Å². The second-order valence-corrected chi connectivity index (χ2v) is 4.66. The summed E-state index contributed by atoms with van der Waals surface area (Å²) < 4.78 is 15.8. The van der Waals surface area contributed by atoms with Crippen molar-refractivity contribution in [2.75, 3.05) is 14.2 Å². The monoisotopic (exact) mass is 277 g/mol. The molecular weight excluding hydrogens is 258 g/mol. The molecule has 0 fully saturated rings. The summed E-state index contributed by atoms with van der Waals surface area (Å²) in [5.41, 5.74) is 0.712. The maximum Gasteiger partial charge on any atom is 0.322 e. The van der Waals surface area contributed by atoms with E-state index in [-0.39, 0.29) is 12.0 Å². The van der Waals surface area contributed by atoms with Gasteiger partial charge in [-0.1, -0.05) is 12.1 Å². The molecule has 1 heterocycles. The van der Waals surface area contributed by atoms with Crippen LogP contribution in [0.25, 0.3) is 11.0 Å². The normalized spacial score (nSPS) is 14.0. The number of carbonyl (C=O) groups is 1. The van der Waals surface area contributed by atoms with Crippen LogP contribution in [0.3, 0.4) is 0 Å². The smallest absolute Gasteiger partial charge is 0.322 e. The molecule has 0 bridgehead atoms. The highest BCUT2D eigenvalue weighted by Gasteiger charge is 2.19. The molecule has 2 aromatic rings. The molecule has 2 rings (SSSR count). The summed E-state index contributed by atoms with van der Waals surface area (Å²) in [6.07, 6.45) is 0. The van der Waals surface area contributed by atoms with Gasteiger partial charge in [0.1, 0.15) is 11.8 Å². The Kier molecular flexibility index (Phi) is 4.29. The van der Waals surface area contributed by atoms with Gasteiger partial charge in [-0.3, -0.25) is 10.1 Å². The Morgan fingerprint density at radius 1 is 1.30 bits per heavy atom. The van der Waals surface area contributed by atoms with Gasteiger partial charge in [0.2, 0.25) is 0 Å². The second-order valence-electron chi connectivity index (χ2n) is 4.66. The number of rotatable bonds is 5. The van der Waals surface area contributed by atoms with Gasteiger partial charge in [0.05, 0.1) is 20.3 Å². The van der Waals surface area contributed by atoms with Crippen molar-refractivity contribution in [2.45, 2.75) is 25.9 Å². The number of hydrogen-bond acceptors (Lipinski definition) is 5. The molecule has 0 amide bonds. The molecule has 1 aromatic carbocycles. The summed E-state index contributed by atoms with van der Waals surface area (Å²) in [6, 6.07) is 7.16. The van der Waals surface area contributed by atoms with Crippen molar-refractivity contribution in [3.63, 3.8) is 0 Å². The summed E-state index contributed by atoms with van der Waals surface area (Å²) in [5.74, 6) is 1.15. The molecule has 0 saturated heterocycles. The largest absolute Gasteiger partial charge is 0.493 e. The number of methoxy groups -OCH3 is 2. The molecule has 0 aliphatic carbocycles. The Labute approximate surface area is 117 Å². The van der Waals surface area contributed by atoms with Crippen LogP contribution in [0, 0.1) is 0 Å². The Balaban J connectivity index is 2.22. The number of nitrogens with one attached hydrogen (secondary N) is 1. The maximum atomic E-state index is 11.4. The van der Waals surface area contributed by atoms with Gasteiger partial charge in [-0.05, 0) is 26.0 Å². The second kappa shape index (κ2) is 5.96. The molecule has 20 heavy (non-hydrogen) atoms. The third-order valence-electron chi connectivity index (χ3n) is 3.23. The van der Waals surface area contributed by atoms with Gasteiger partial charge in [0.25, 0.3) is 0 Å². The quantitative estimate of drug-likeness (QED) is 0.851. The van der Waals surface area contributed by atoms with E-state index in [2.05, 4.69) is 5.32 Å². The molecule has 0 radical (unpaired) electrons. The van der Waals surface area contributed by atoms with Crippen LogP contribution in [0.4, 0.5) is 0 Å². The summed E-state index contributed by atoms with van der Waals surface area (Å²) in [4.78, 5) is 11.4.